The summed E-state index contributed by atoms with van der Waals surface area (Å²) in [6, 6.07) is 14.4. The maximum Gasteiger partial charge on any atom is 0.307 e. The van der Waals surface area contributed by atoms with Crippen LogP contribution in [0.1, 0.15) is 42.9 Å². The highest BCUT2D eigenvalue weighted by molar-refractivity contribution is 5.94. The summed E-state index contributed by atoms with van der Waals surface area (Å²) in [5.74, 6) is -0.344. The van der Waals surface area contributed by atoms with Crippen LogP contribution in [0.25, 0.3) is 22.2 Å². The van der Waals surface area contributed by atoms with Crippen molar-refractivity contribution < 1.29 is 9.90 Å². The van der Waals surface area contributed by atoms with Crippen LogP contribution in [0.5, 0.6) is 0 Å². The number of hydrogen-bond acceptors (Lipinski definition) is 1. The molecule has 1 aromatic heterocycles. The molecule has 2 N–H and O–H groups in total. The van der Waals surface area contributed by atoms with E-state index in [0.717, 1.165) is 39.7 Å². The SMILES string of the molecule is CCC(C)c1ccc2[nH]c(-c3ccccc3C)c(CC(=O)O)c2c1. The number of hydrogen-bond donors (Lipinski definition) is 2. The van der Waals surface area contributed by atoms with E-state index in [0.29, 0.717) is 5.92 Å². The summed E-state index contributed by atoms with van der Waals surface area (Å²) in [5, 5.41) is 10.4. The lowest BCUT2D eigenvalue weighted by Gasteiger charge is -2.09. The third kappa shape index (κ3) is 2.94. The molecule has 0 saturated carbocycles. The van der Waals surface area contributed by atoms with Crippen LogP contribution in [0.4, 0.5) is 0 Å². The Morgan fingerprint density at radius 2 is 1.96 bits per heavy atom. The van der Waals surface area contributed by atoms with Gasteiger partial charge in [0, 0.05) is 16.5 Å². The van der Waals surface area contributed by atoms with Crippen LogP contribution in [0.3, 0.4) is 0 Å². The molecule has 1 heterocycles. The number of carboxylic acids is 1. The Bertz CT molecular complexity index is 892. The molecule has 0 aliphatic carbocycles. The second-order valence-corrected chi connectivity index (χ2v) is 6.48. The topological polar surface area (TPSA) is 53.1 Å². The maximum absolute atomic E-state index is 11.4. The summed E-state index contributed by atoms with van der Waals surface area (Å²) in [6.07, 6.45) is 1.09. The van der Waals surface area contributed by atoms with Crippen molar-refractivity contribution in [3.05, 3.63) is 59.2 Å². The molecule has 0 aliphatic heterocycles. The van der Waals surface area contributed by atoms with Crippen LogP contribution in [0, 0.1) is 6.92 Å². The lowest BCUT2D eigenvalue weighted by Crippen LogP contribution is -2.01. The number of aromatic nitrogens is 1. The Hall–Kier alpha value is -2.55. The number of carbonyl (C=O) groups is 1. The summed E-state index contributed by atoms with van der Waals surface area (Å²) in [5.41, 5.74) is 6.25. The lowest BCUT2D eigenvalue weighted by atomic mass is 9.95. The van der Waals surface area contributed by atoms with Crippen LogP contribution in [-0.4, -0.2) is 16.1 Å². The summed E-state index contributed by atoms with van der Waals surface area (Å²) in [6.45, 7) is 6.42. The molecular weight excluding hydrogens is 298 g/mol. The average Bonchev–Trinajstić information content (AvgIpc) is 2.91. The van der Waals surface area contributed by atoms with E-state index in [9.17, 15) is 9.90 Å². The van der Waals surface area contributed by atoms with Crippen molar-refractivity contribution in [3.63, 3.8) is 0 Å². The van der Waals surface area contributed by atoms with Gasteiger partial charge in [-0.2, -0.15) is 0 Å². The van der Waals surface area contributed by atoms with Crippen LogP contribution >= 0.6 is 0 Å². The molecule has 24 heavy (non-hydrogen) atoms. The second kappa shape index (κ2) is 6.52. The van der Waals surface area contributed by atoms with E-state index < -0.39 is 5.97 Å². The van der Waals surface area contributed by atoms with Gasteiger partial charge in [-0.3, -0.25) is 4.79 Å². The molecule has 0 saturated heterocycles. The highest BCUT2D eigenvalue weighted by Crippen LogP contribution is 2.34. The zero-order valence-electron chi connectivity index (χ0n) is 14.4. The van der Waals surface area contributed by atoms with Crippen molar-refractivity contribution in [2.45, 2.75) is 39.5 Å². The van der Waals surface area contributed by atoms with Gasteiger partial charge in [-0.15, -0.1) is 0 Å². The molecule has 0 bridgehead atoms. The first kappa shape index (κ1) is 16.3. The second-order valence-electron chi connectivity index (χ2n) is 6.48. The molecule has 124 valence electrons. The summed E-state index contributed by atoms with van der Waals surface area (Å²) in [4.78, 5) is 14.9. The predicted molar refractivity (Wildman–Crippen MR) is 98.5 cm³/mol. The molecule has 3 rings (SSSR count). The minimum atomic E-state index is -0.806. The number of H-pyrrole nitrogens is 1. The molecule has 2 aromatic carbocycles. The predicted octanol–water partition coefficient (Wildman–Crippen LogP) is 5.28. The van der Waals surface area contributed by atoms with E-state index in [1.54, 1.807) is 0 Å². The maximum atomic E-state index is 11.4. The summed E-state index contributed by atoms with van der Waals surface area (Å²) >= 11 is 0. The summed E-state index contributed by atoms with van der Waals surface area (Å²) in [7, 11) is 0. The first-order valence-electron chi connectivity index (χ1n) is 8.43. The van der Waals surface area contributed by atoms with Gasteiger partial charge < -0.3 is 10.1 Å². The van der Waals surface area contributed by atoms with Gasteiger partial charge in [-0.1, -0.05) is 44.2 Å². The van der Waals surface area contributed by atoms with E-state index in [4.69, 9.17) is 0 Å². The molecule has 3 heteroatoms. The van der Waals surface area contributed by atoms with Crippen LogP contribution in [-0.2, 0) is 11.2 Å². The van der Waals surface area contributed by atoms with Gasteiger partial charge in [-0.25, -0.2) is 0 Å². The van der Waals surface area contributed by atoms with Crippen LogP contribution in [0.15, 0.2) is 42.5 Å². The molecule has 1 atom stereocenters. The lowest BCUT2D eigenvalue weighted by molar-refractivity contribution is -0.136. The van der Waals surface area contributed by atoms with Gasteiger partial charge >= 0.3 is 5.97 Å². The number of carboxylic acid groups (broad SMARTS) is 1. The molecule has 0 fully saturated rings. The highest BCUT2D eigenvalue weighted by atomic mass is 16.4. The molecule has 0 aliphatic rings. The minimum Gasteiger partial charge on any atom is -0.481 e. The number of aromatic amines is 1. The van der Waals surface area contributed by atoms with Crippen molar-refractivity contribution in [3.8, 4) is 11.3 Å². The number of fused-ring (bicyclic) bond motifs is 1. The number of aryl methyl sites for hydroxylation is 1. The van der Waals surface area contributed by atoms with Crippen molar-refractivity contribution >= 4 is 16.9 Å². The van der Waals surface area contributed by atoms with E-state index in [1.807, 2.05) is 18.2 Å². The van der Waals surface area contributed by atoms with Gasteiger partial charge in [0.15, 0.2) is 0 Å². The molecule has 1 unspecified atom stereocenters. The number of rotatable bonds is 5. The standard InChI is InChI=1S/C21H23NO2/c1-4-13(2)15-9-10-19-17(11-15)18(12-20(23)24)21(22-19)16-8-6-5-7-14(16)3/h5-11,13,22H,4,12H2,1-3H3,(H,23,24). The molecule has 0 amide bonds. The number of benzene rings is 2. The van der Waals surface area contributed by atoms with Crippen LogP contribution in [0.2, 0.25) is 0 Å². The molecule has 3 nitrogen and oxygen atoms in total. The smallest absolute Gasteiger partial charge is 0.307 e. The quantitative estimate of drug-likeness (QED) is 0.671. The number of aliphatic carboxylic acids is 1. The van der Waals surface area contributed by atoms with Crippen molar-refractivity contribution in [1.29, 1.82) is 0 Å². The zero-order chi connectivity index (χ0) is 17.3. The molecule has 0 radical (unpaired) electrons. The van der Waals surface area contributed by atoms with Crippen molar-refractivity contribution in [2.24, 2.45) is 0 Å². The molecular formula is C21H23NO2. The fourth-order valence-corrected chi connectivity index (χ4v) is 3.23. The van der Waals surface area contributed by atoms with Gasteiger partial charge in [0.1, 0.15) is 0 Å². The third-order valence-electron chi connectivity index (χ3n) is 4.85. The largest absolute Gasteiger partial charge is 0.481 e. The molecule has 3 aromatic rings. The van der Waals surface area contributed by atoms with Gasteiger partial charge in [0.2, 0.25) is 0 Å². The molecule has 0 spiro atoms. The fraction of sp³-hybridized carbons (Fsp3) is 0.286. The van der Waals surface area contributed by atoms with Crippen LogP contribution < -0.4 is 0 Å². The first-order valence-corrected chi connectivity index (χ1v) is 8.43. The Kier molecular flexibility index (Phi) is 4.43. The highest BCUT2D eigenvalue weighted by Gasteiger charge is 2.18. The van der Waals surface area contributed by atoms with E-state index in [2.05, 4.69) is 50.0 Å². The Morgan fingerprint density at radius 1 is 1.21 bits per heavy atom. The van der Waals surface area contributed by atoms with Crippen molar-refractivity contribution in [2.75, 3.05) is 0 Å². The van der Waals surface area contributed by atoms with Crippen molar-refractivity contribution in [1.82, 2.24) is 4.98 Å². The average molecular weight is 321 g/mol. The van der Waals surface area contributed by atoms with E-state index in [-0.39, 0.29) is 6.42 Å². The van der Waals surface area contributed by atoms with E-state index >= 15 is 0 Å². The van der Waals surface area contributed by atoms with Gasteiger partial charge in [0.25, 0.3) is 0 Å². The third-order valence-corrected chi connectivity index (χ3v) is 4.85. The Morgan fingerprint density at radius 3 is 2.62 bits per heavy atom. The van der Waals surface area contributed by atoms with E-state index in [1.165, 1.54) is 5.56 Å². The zero-order valence-corrected chi connectivity index (χ0v) is 14.4. The Labute approximate surface area is 142 Å². The summed E-state index contributed by atoms with van der Waals surface area (Å²) < 4.78 is 0. The fourth-order valence-electron chi connectivity index (χ4n) is 3.23. The monoisotopic (exact) mass is 321 g/mol. The minimum absolute atomic E-state index is 0.0215. The van der Waals surface area contributed by atoms with Gasteiger partial charge in [0.05, 0.1) is 12.1 Å². The normalized spacial score (nSPS) is 12.5. The first-order chi connectivity index (χ1) is 11.5. The van der Waals surface area contributed by atoms with Gasteiger partial charge in [-0.05, 0) is 48.1 Å². The Balaban J connectivity index is 2.25. The number of nitrogens with one attached hydrogen (secondary N) is 1.